The van der Waals surface area contributed by atoms with Gasteiger partial charge in [-0.1, -0.05) is 6.07 Å². The number of methoxy groups -OCH3 is 1. The SMILES string of the molecule is CNC(C)CCS(=O)(=O)c1cccc(OC)c1. The molecule has 0 heterocycles. The molecule has 0 amide bonds. The summed E-state index contributed by atoms with van der Waals surface area (Å²) in [5.74, 6) is 0.704. The summed E-state index contributed by atoms with van der Waals surface area (Å²) in [7, 11) is 0.127. The van der Waals surface area contributed by atoms with Gasteiger partial charge in [-0.05, 0) is 38.6 Å². The molecule has 0 bridgehead atoms. The molecule has 0 aliphatic heterocycles. The van der Waals surface area contributed by atoms with Gasteiger partial charge in [0, 0.05) is 6.04 Å². The van der Waals surface area contributed by atoms with E-state index in [1.165, 1.54) is 7.11 Å². The second-order valence-corrected chi connectivity index (χ2v) is 6.09. The Morgan fingerprint density at radius 1 is 1.41 bits per heavy atom. The van der Waals surface area contributed by atoms with Gasteiger partial charge in [0.1, 0.15) is 5.75 Å². The maximum Gasteiger partial charge on any atom is 0.178 e. The highest BCUT2D eigenvalue weighted by molar-refractivity contribution is 7.91. The molecular weight excluding hydrogens is 238 g/mol. The zero-order valence-electron chi connectivity index (χ0n) is 10.4. The minimum atomic E-state index is -3.22. The molecule has 0 fully saturated rings. The van der Waals surface area contributed by atoms with Crippen molar-refractivity contribution in [2.45, 2.75) is 24.3 Å². The Morgan fingerprint density at radius 3 is 2.71 bits per heavy atom. The van der Waals surface area contributed by atoms with E-state index in [0.717, 1.165) is 0 Å². The number of hydrogen-bond donors (Lipinski definition) is 1. The van der Waals surface area contributed by atoms with Gasteiger partial charge in [0.15, 0.2) is 9.84 Å². The molecule has 0 aliphatic rings. The first-order valence-electron chi connectivity index (χ1n) is 5.53. The lowest BCUT2D eigenvalue weighted by molar-refractivity contribution is 0.413. The number of hydrogen-bond acceptors (Lipinski definition) is 4. The first-order valence-corrected chi connectivity index (χ1v) is 7.19. The molecule has 0 saturated heterocycles. The standard InChI is InChI=1S/C12H19NO3S/c1-10(13-2)7-8-17(14,15)12-6-4-5-11(9-12)16-3/h4-6,9-10,13H,7-8H2,1-3H3. The molecule has 0 aliphatic carbocycles. The molecular formula is C12H19NO3S. The predicted molar refractivity (Wildman–Crippen MR) is 68.2 cm³/mol. The van der Waals surface area contributed by atoms with Gasteiger partial charge in [-0.3, -0.25) is 0 Å². The summed E-state index contributed by atoms with van der Waals surface area (Å²) in [6.45, 7) is 1.96. The van der Waals surface area contributed by atoms with Crippen LogP contribution in [0.2, 0.25) is 0 Å². The average molecular weight is 257 g/mol. The summed E-state index contributed by atoms with van der Waals surface area (Å²) < 4.78 is 29.1. The molecule has 5 heteroatoms. The van der Waals surface area contributed by atoms with E-state index in [9.17, 15) is 8.42 Å². The molecule has 96 valence electrons. The third-order valence-corrected chi connectivity index (χ3v) is 4.46. The minimum Gasteiger partial charge on any atom is -0.497 e. The van der Waals surface area contributed by atoms with Crippen LogP contribution in [0.1, 0.15) is 13.3 Å². The Hall–Kier alpha value is -1.07. The zero-order chi connectivity index (χ0) is 12.9. The molecule has 0 aromatic heterocycles. The summed E-state index contributed by atoms with van der Waals surface area (Å²) in [5.41, 5.74) is 0. The molecule has 0 spiro atoms. The topological polar surface area (TPSA) is 55.4 Å². The lowest BCUT2D eigenvalue weighted by Crippen LogP contribution is -2.24. The smallest absolute Gasteiger partial charge is 0.178 e. The van der Waals surface area contributed by atoms with E-state index in [-0.39, 0.29) is 11.8 Å². The van der Waals surface area contributed by atoms with Gasteiger partial charge in [-0.25, -0.2) is 8.42 Å². The Kier molecular flexibility index (Phi) is 4.96. The number of nitrogens with one attached hydrogen (secondary N) is 1. The van der Waals surface area contributed by atoms with Gasteiger partial charge in [0.25, 0.3) is 0 Å². The molecule has 1 N–H and O–H groups in total. The van der Waals surface area contributed by atoms with Crippen molar-refractivity contribution >= 4 is 9.84 Å². The van der Waals surface area contributed by atoms with Crippen LogP contribution < -0.4 is 10.1 Å². The van der Waals surface area contributed by atoms with Crippen molar-refractivity contribution in [3.63, 3.8) is 0 Å². The third-order valence-electron chi connectivity index (χ3n) is 2.71. The van der Waals surface area contributed by atoms with Crippen LogP contribution in [0, 0.1) is 0 Å². The van der Waals surface area contributed by atoms with E-state index in [1.807, 2.05) is 14.0 Å². The number of benzene rings is 1. The maximum absolute atomic E-state index is 12.0. The van der Waals surface area contributed by atoms with Crippen LogP contribution in [0.3, 0.4) is 0 Å². The van der Waals surface area contributed by atoms with Crippen molar-refractivity contribution in [1.29, 1.82) is 0 Å². The van der Waals surface area contributed by atoms with Gasteiger partial charge >= 0.3 is 0 Å². The lowest BCUT2D eigenvalue weighted by atomic mass is 10.3. The largest absolute Gasteiger partial charge is 0.497 e. The summed E-state index contributed by atoms with van der Waals surface area (Å²) in [4.78, 5) is 0.320. The monoisotopic (exact) mass is 257 g/mol. The normalized spacial score (nSPS) is 13.4. The Morgan fingerprint density at radius 2 is 2.12 bits per heavy atom. The number of rotatable bonds is 6. The van der Waals surface area contributed by atoms with Gasteiger partial charge in [-0.15, -0.1) is 0 Å². The summed E-state index contributed by atoms with van der Waals surface area (Å²) in [6.07, 6.45) is 0.593. The van der Waals surface area contributed by atoms with Crippen LogP contribution >= 0.6 is 0 Å². The highest BCUT2D eigenvalue weighted by Crippen LogP contribution is 2.18. The fraction of sp³-hybridized carbons (Fsp3) is 0.500. The van der Waals surface area contributed by atoms with E-state index in [1.54, 1.807) is 24.3 Å². The molecule has 1 aromatic rings. The quantitative estimate of drug-likeness (QED) is 0.838. The molecule has 1 aromatic carbocycles. The van der Waals surface area contributed by atoms with Gasteiger partial charge in [0.2, 0.25) is 0 Å². The van der Waals surface area contributed by atoms with E-state index >= 15 is 0 Å². The molecule has 0 saturated carbocycles. The van der Waals surface area contributed by atoms with Gasteiger partial charge in [-0.2, -0.15) is 0 Å². The van der Waals surface area contributed by atoms with Crippen molar-refractivity contribution < 1.29 is 13.2 Å². The summed E-state index contributed by atoms with van der Waals surface area (Å²) >= 11 is 0. The molecule has 1 unspecified atom stereocenters. The Bertz CT molecular complexity index is 457. The van der Waals surface area contributed by atoms with Gasteiger partial charge in [0.05, 0.1) is 17.8 Å². The van der Waals surface area contributed by atoms with Crippen LogP contribution in [-0.2, 0) is 9.84 Å². The second-order valence-electron chi connectivity index (χ2n) is 3.98. The van der Waals surface area contributed by atoms with E-state index in [0.29, 0.717) is 17.1 Å². The third kappa shape index (κ3) is 4.02. The molecule has 17 heavy (non-hydrogen) atoms. The Balaban J connectivity index is 2.82. The Labute approximate surface area is 103 Å². The van der Waals surface area contributed by atoms with E-state index < -0.39 is 9.84 Å². The zero-order valence-corrected chi connectivity index (χ0v) is 11.3. The van der Waals surface area contributed by atoms with Crippen molar-refractivity contribution in [3.05, 3.63) is 24.3 Å². The van der Waals surface area contributed by atoms with Crippen LogP contribution in [-0.4, -0.2) is 34.4 Å². The first kappa shape index (κ1) is 14.0. The van der Waals surface area contributed by atoms with Gasteiger partial charge < -0.3 is 10.1 Å². The van der Waals surface area contributed by atoms with Crippen molar-refractivity contribution in [3.8, 4) is 5.75 Å². The molecule has 1 rings (SSSR count). The maximum atomic E-state index is 12.0. The molecule has 4 nitrogen and oxygen atoms in total. The minimum absolute atomic E-state index is 0.141. The highest BCUT2D eigenvalue weighted by atomic mass is 32.2. The second kappa shape index (κ2) is 6.02. The summed E-state index contributed by atoms with van der Waals surface area (Å²) in [5, 5.41) is 3.02. The van der Waals surface area contributed by atoms with E-state index in [4.69, 9.17) is 4.74 Å². The average Bonchev–Trinajstić information content (AvgIpc) is 2.36. The highest BCUT2D eigenvalue weighted by Gasteiger charge is 2.16. The van der Waals surface area contributed by atoms with Crippen molar-refractivity contribution in [1.82, 2.24) is 5.32 Å². The fourth-order valence-corrected chi connectivity index (χ4v) is 2.87. The number of ether oxygens (including phenoxy) is 1. The van der Waals surface area contributed by atoms with Crippen LogP contribution in [0.5, 0.6) is 5.75 Å². The van der Waals surface area contributed by atoms with E-state index in [2.05, 4.69) is 5.32 Å². The lowest BCUT2D eigenvalue weighted by Gasteiger charge is -2.10. The predicted octanol–water partition coefficient (Wildman–Crippen LogP) is 1.47. The van der Waals surface area contributed by atoms with Crippen LogP contribution in [0.25, 0.3) is 0 Å². The van der Waals surface area contributed by atoms with Crippen molar-refractivity contribution in [2.75, 3.05) is 19.9 Å². The van der Waals surface area contributed by atoms with Crippen LogP contribution in [0.4, 0.5) is 0 Å². The van der Waals surface area contributed by atoms with Crippen LogP contribution in [0.15, 0.2) is 29.2 Å². The molecule has 1 atom stereocenters. The number of sulfone groups is 1. The molecule has 0 radical (unpaired) electrons. The van der Waals surface area contributed by atoms with Crippen molar-refractivity contribution in [2.24, 2.45) is 0 Å². The first-order chi connectivity index (χ1) is 7.99. The summed E-state index contributed by atoms with van der Waals surface area (Å²) in [6, 6.07) is 6.76. The fourth-order valence-electron chi connectivity index (χ4n) is 1.39.